The summed E-state index contributed by atoms with van der Waals surface area (Å²) in [4.78, 5) is 26.0. The van der Waals surface area contributed by atoms with Gasteiger partial charge in [0.1, 0.15) is 34.7 Å². The lowest BCUT2D eigenvalue weighted by molar-refractivity contribution is 0.181. The van der Waals surface area contributed by atoms with Gasteiger partial charge in [0.15, 0.2) is 0 Å². The van der Waals surface area contributed by atoms with E-state index in [2.05, 4.69) is 10.8 Å². The molecule has 45 heavy (non-hydrogen) atoms. The number of hydrogen-bond donors (Lipinski definition) is 1. The maximum Gasteiger partial charge on any atom is 0.348 e. The summed E-state index contributed by atoms with van der Waals surface area (Å²) in [5.74, 6) is 2.39. The van der Waals surface area contributed by atoms with Crippen molar-refractivity contribution in [2.75, 3.05) is 13.1 Å². The number of terminal acetylenes is 1. The number of hydrogen-bond acceptors (Lipinski definition) is 6. The van der Waals surface area contributed by atoms with E-state index in [1.54, 1.807) is 6.92 Å². The molecule has 0 radical (unpaired) electrons. The molecule has 8 heteroatoms. The van der Waals surface area contributed by atoms with Crippen LogP contribution in [0.3, 0.4) is 0 Å². The van der Waals surface area contributed by atoms with Crippen LogP contribution in [0, 0.1) is 25.1 Å². The summed E-state index contributed by atoms with van der Waals surface area (Å²) in [6, 6.07) is 5.67. The van der Waals surface area contributed by atoms with Gasteiger partial charge in [-0.25, -0.2) is 23.5 Å². The molecule has 4 aromatic rings. The number of nitrogens with zero attached hydrogens (tertiary/aromatic N) is 3. The van der Waals surface area contributed by atoms with Gasteiger partial charge in [-0.1, -0.05) is 54.5 Å². The van der Waals surface area contributed by atoms with E-state index in [1.807, 2.05) is 42.5 Å². The van der Waals surface area contributed by atoms with Gasteiger partial charge in [0.2, 0.25) is 0 Å². The number of aryl methyl sites for hydroxylation is 2. The van der Waals surface area contributed by atoms with Gasteiger partial charge in [0.25, 0.3) is 0 Å². The van der Waals surface area contributed by atoms with Crippen molar-refractivity contribution >= 4 is 27.2 Å². The fourth-order valence-corrected chi connectivity index (χ4v) is 7.30. The summed E-state index contributed by atoms with van der Waals surface area (Å²) in [6.45, 7) is 3.13. The lowest BCUT2D eigenvalue weighted by Gasteiger charge is -2.31. The van der Waals surface area contributed by atoms with E-state index in [9.17, 15) is 18.7 Å². The SMILES string of the molecule is C#Cc1c(F)ccc2cc(O)cc(-c3oc(=O)c4c(C5=C/C=C\C=C/C=C\5)nc(CCC56CCCN5CC(F)C6)nc4c3C)c12. The molecule has 226 valence electrons. The number of allylic oxidation sites excluding steroid dienone is 8. The highest BCUT2D eigenvalue weighted by molar-refractivity contribution is 6.03. The van der Waals surface area contributed by atoms with E-state index in [-0.39, 0.29) is 33.6 Å². The average molecular weight is 604 g/mol. The molecular weight excluding hydrogens is 572 g/mol. The van der Waals surface area contributed by atoms with Crippen molar-refractivity contribution in [1.82, 2.24) is 14.9 Å². The van der Waals surface area contributed by atoms with Crippen molar-refractivity contribution in [3.8, 4) is 29.4 Å². The van der Waals surface area contributed by atoms with Crippen LogP contribution in [-0.2, 0) is 6.42 Å². The summed E-state index contributed by atoms with van der Waals surface area (Å²) in [5, 5.41) is 11.7. The lowest BCUT2D eigenvalue weighted by Crippen LogP contribution is -2.38. The fraction of sp³-hybridized carbons (Fsp3) is 0.270. The van der Waals surface area contributed by atoms with Gasteiger partial charge in [-0.2, -0.15) is 0 Å². The number of halogens is 2. The number of fused-ring (bicyclic) bond motifs is 3. The Hall–Kier alpha value is -4.87. The molecule has 3 aliphatic rings. The molecule has 0 bridgehead atoms. The van der Waals surface area contributed by atoms with Gasteiger partial charge in [-0.05, 0) is 62.7 Å². The van der Waals surface area contributed by atoms with Crippen molar-refractivity contribution in [2.24, 2.45) is 0 Å². The minimum Gasteiger partial charge on any atom is -0.508 e. The summed E-state index contributed by atoms with van der Waals surface area (Å²) < 4.78 is 35.4. The van der Waals surface area contributed by atoms with Crippen molar-refractivity contribution in [2.45, 2.75) is 50.7 Å². The Bertz CT molecular complexity index is 2100. The van der Waals surface area contributed by atoms with E-state index in [4.69, 9.17) is 20.8 Å². The Morgan fingerprint density at radius 2 is 1.98 bits per heavy atom. The molecule has 1 N–H and O–H groups in total. The second kappa shape index (κ2) is 11.2. The highest BCUT2D eigenvalue weighted by Gasteiger charge is 2.48. The zero-order valence-corrected chi connectivity index (χ0v) is 24.8. The van der Waals surface area contributed by atoms with Crippen molar-refractivity contribution in [1.29, 1.82) is 0 Å². The summed E-state index contributed by atoms with van der Waals surface area (Å²) in [5.41, 5.74) is 1.45. The first-order valence-corrected chi connectivity index (χ1v) is 15.2. The van der Waals surface area contributed by atoms with Crippen molar-refractivity contribution < 1.29 is 18.3 Å². The molecule has 0 spiro atoms. The van der Waals surface area contributed by atoms with Gasteiger partial charge in [-0.3, -0.25) is 4.90 Å². The van der Waals surface area contributed by atoms with Gasteiger partial charge in [0.05, 0.1) is 16.8 Å². The normalized spacial score (nSPS) is 24.5. The number of benzene rings is 2. The molecule has 2 aliphatic heterocycles. The Labute approximate surface area is 259 Å². The molecule has 1 aliphatic carbocycles. The third kappa shape index (κ3) is 4.98. The third-order valence-corrected chi connectivity index (χ3v) is 9.33. The molecule has 2 aromatic carbocycles. The summed E-state index contributed by atoms with van der Waals surface area (Å²) in [7, 11) is 0. The van der Waals surface area contributed by atoms with Crippen LogP contribution in [0.4, 0.5) is 8.78 Å². The molecule has 2 saturated heterocycles. The number of alkyl halides is 1. The quantitative estimate of drug-likeness (QED) is 0.245. The molecule has 2 aromatic heterocycles. The van der Waals surface area contributed by atoms with Crippen LogP contribution in [0.2, 0.25) is 0 Å². The van der Waals surface area contributed by atoms with E-state index in [0.717, 1.165) is 19.4 Å². The van der Waals surface area contributed by atoms with Crippen LogP contribution in [-0.4, -0.2) is 44.8 Å². The Kier molecular flexibility index (Phi) is 7.22. The smallest absolute Gasteiger partial charge is 0.348 e. The zero-order valence-electron chi connectivity index (χ0n) is 24.8. The van der Waals surface area contributed by atoms with Crippen LogP contribution in [0.5, 0.6) is 5.75 Å². The summed E-state index contributed by atoms with van der Waals surface area (Å²) in [6.07, 6.45) is 21.7. The minimum atomic E-state index is -0.840. The highest BCUT2D eigenvalue weighted by Crippen LogP contribution is 2.43. The van der Waals surface area contributed by atoms with Gasteiger partial charge in [0, 0.05) is 40.6 Å². The van der Waals surface area contributed by atoms with Crippen LogP contribution in [0.1, 0.15) is 48.3 Å². The maximum atomic E-state index is 14.9. The predicted octanol–water partition coefficient (Wildman–Crippen LogP) is 7.11. The van der Waals surface area contributed by atoms with Gasteiger partial charge in [-0.15, -0.1) is 6.42 Å². The number of rotatable bonds is 5. The van der Waals surface area contributed by atoms with Crippen LogP contribution in [0.25, 0.3) is 38.6 Å². The zero-order chi connectivity index (χ0) is 31.3. The second-order valence-corrected chi connectivity index (χ2v) is 12.0. The Morgan fingerprint density at radius 3 is 2.82 bits per heavy atom. The first kappa shape index (κ1) is 28.9. The number of aromatic hydroxyl groups is 1. The molecule has 2 fully saturated rings. The molecule has 2 atom stereocenters. The van der Waals surface area contributed by atoms with Crippen LogP contribution < -0.4 is 5.63 Å². The average Bonchev–Trinajstić information content (AvgIpc) is 3.53. The Balaban J connectivity index is 1.45. The minimum absolute atomic E-state index is 0.00136. The topological polar surface area (TPSA) is 79.5 Å². The van der Waals surface area contributed by atoms with Gasteiger partial charge >= 0.3 is 5.63 Å². The second-order valence-electron chi connectivity index (χ2n) is 12.0. The largest absolute Gasteiger partial charge is 0.508 e. The third-order valence-electron chi connectivity index (χ3n) is 9.33. The molecule has 7 rings (SSSR count). The monoisotopic (exact) mass is 603 g/mol. The molecular formula is C37H31F2N3O3. The lowest BCUT2D eigenvalue weighted by atomic mass is 9.88. The molecule has 6 nitrogen and oxygen atoms in total. The number of phenolic OH excluding ortho intramolecular Hbond substituents is 1. The molecule has 4 heterocycles. The molecule has 2 unspecified atom stereocenters. The van der Waals surface area contributed by atoms with Crippen LogP contribution >= 0.6 is 0 Å². The maximum absolute atomic E-state index is 14.9. The first-order valence-electron chi connectivity index (χ1n) is 15.2. The fourth-order valence-electron chi connectivity index (χ4n) is 7.30. The van der Waals surface area contributed by atoms with E-state index in [0.29, 0.717) is 64.8 Å². The highest BCUT2D eigenvalue weighted by atomic mass is 19.1. The van der Waals surface area contributed by atoms with Crippen molar-refractivity contribution in [3.05, 3.63) is 106 Å². The number of aromatic nitrogens is 2. The van der Waals surface area contributed by atoms with E-state index >= 15 is 0 Å². The van der Waals surface area contributed by atoms with E-state index in [1.165, 1.54) is 24.3 Å². The number of phenols is 1. The van der Waals surface area contributed by atoms with Crippen molar-refractivity contribution in [3.63, 3.8) is 0 Å². The predicted molar refractivity (Wildman–Crippen MR) is 172 cm³/mol. The standard InChI is InChI=1S/C37H31F2N3O3/c1-3-27-29(39)13-12-24-18-26(43)19-28(31(24)27)35-22(2)33-32(36(44)45-35)34(23-10-7-5-4-6-8-11-23)41-30(40-33)14-16-37-15-9-17-42(37)21-25(38)20-37/h1,4-8,10-13,18-19,25,43H,9,14-17,20-21H2,2H3/b5-4-,6-4?,7-5?,8-6-,10-7-,11-8?,23-10?,23-11+. The molecule has 0 saturated carbocycles. The van der Waals surface area contributed by atoms with Crippen LogP contribution in [0.15, 0.2) is 76.0 Å². The Morgan fingerprint density at radius 1 is 1.16 bits per heavy atom. The van der Waals surface area contributed by atoms with Gasteiger partial charge < -0.3 is 9.52 Å². The van der Waals surface area contributed by atoms with E-state index < -0.39 is 17.6 Å². The first-order chi connectivity index (χ1) is 21.8. The summed E-state index contributed by atoms with van der Waals surface area (Å²) >= 11 is 0. The molecule has 0 amide bonds.